The number of nitrogens with two attached hydrogens (primary N) is 1. The fourth-order valence-electron chi connectivity index (χ4n) is 1.74. The number of hydrogen-bond acceptors (Lipinski definition) is 3. The first-order valence-corrected chi connectivity index (χ1v) is 4.96. The van der Waals surface area contributed by atoms with Crippen molar-refractivity contribution < 1.29 is 4.79 Å². The number of hydrogen-bond donors (Lipinski definition) is 3. The molecule has 0 aromatic rings. The zero-order chi connectivity index (χ0) is 9.84. The zero-order valence-corrected chi connectivity index (χ0v) is 8.34. The number of carbonyl (C=O) groups is 1. The van der Waals surface area contributed by atoms with Crippen molar-refractivity contribution in [3.63, 3.8) is 0 Å². The van der Waals surface area contributed by atoms with E-state index in [-0.39, 0.29) is 11.9 Å². The van der Waals surface area contributed by atoms with Crippen LogP contribution in [0.2, 0.25) is 0 Å². The first kappa shape index (κ1) is 10.5. The van der Waals surface area contributed by atoms with Gasteiger partial charge in [0, 0.05) is 6.04 Å². The summed E-state index contributed by atoms with van der Waals surface area (Å²) in [5.41, 5.74) is 11.4. The summed E-state index contributed by atoms with van der Waals surface area (Å²) in [6, 6.07) is 0.00635. The van der Waals surface area contributed by atoms with E-state index in [9.17, 15) is 4.79 Å². The summed E-state index contributed by atoms with van der Waals surface area (Å²) in [6.07, 6.45) is 2.96. The first-order valence-electron chi connectivity index (χ1n) is 4.96. The molecular weight excluding hydrogens is 166 g/mol. The molecule has 4 heteroatoms. The van der Waals surface area contributed by atoms with Gasteiger partial charge in [-0.3, -0.25) is 10.2 Å². The van der Waals surface area contributed by atoms with Crippen molar-refractivity contribution in [3.05, 3.63) is 0 Å². The third-order valence-corrected chi connectivity index (χ3v) is 2.63. The Kier molecular flexibility index (Phi) is 3.69. The van der Waals surface area contributed by atoms with E-state index in [1.54, 1.807) is 0 Å². The lowest BCUT2D eigenvalue weighted by Crippen LogP contribution is -2.47. The number of nitrogens with one attached hydrogen (secondary N) is 2. The number of carbonyl (C=O) groups excluding carboxylic acids is 1. The van der Waals surface area contributed by atoms with Crippen molar-refractivity contribution in [2.45, 2.75) is 45.2 Å². The van der Waals surface area contributed by atoms with E-state index in [4.69, 9.17) is 5.73 Å². The molecule has 4 N–H and O–H groups in total. The molecule has 0 radical (unpaired) electrons. The highest BCUT2D eigenvalue weighted by molar-refractivity contribution is 5.81. The third kappa shape index (κ3) is 2.67. The normalized spacial score (nSPS) is 35.3. The lowest BCUT2D eigenvalue weighted by atomic mass is 9.92. The fraction of sp³-hybridized carbons (Fsp3) is 0.889. The van der Waals surface area contributed by atoms with Gasteiger partial charge < -0.3 is 5.73 Å². The summed E-state index contributed by atoms with van der Waals surface area (Å²) < 4.78 is 0. The van der Waals surface area contributed by atoms with Gasteiger partial charge in [0.05, 0.1) is 6.04 Å². The maximum atomic E-state index is 11.2. The summed E-state index contributed by atoms with van der Waals surface area (Å²) >= 11 is 0. The second-order valence-electron chi connectivity index (χ2n) is 3.85. The van der Waals surface area contributed by atoms with E-state index in [1.165, 1.54) is 0 Å². The minimum atomic E-state index is -0.357. The zero-order valence-electron chi connectivity index (χ0n) is 8.34. The molecule has 1 fully saturated rings. The molecule has 13 heavy (non-hydrogen) atoms. The van der Waals surface area contributed by atoms with Gasteiger partial charge in [0.1, 0.15) is 0 Å². The van der Waals surface area contributed by atoms with Crippen molar-refractivity contribution in [2.24, 2.45) is 11.7 Å². The monoisotopic (exact) mass is 185 g/mol. The van der Waals surface area contributed by atoms with Gasteiger partial charge in [0.25, 0.3) is 5.91 Å². The molecule has 1 aliphatic heterocycles. The average molecular weight is 185 g/mol. The molecule has 0 bridgehead atoms. The topological polar surface area (TPSA) is 67.1 Å². The van der Waals surface area contributed by atoms with E-state index in [0.717, 1.165) is 19.3 Å². The molecule has 0 aromatic heterocycles. The van der Waals surface area contributed by atoms with Crippen molar-refractivity contribution in [1.82, 2.24) is 10.9 Å². The highest BCUT2D eigenvalue weighted by atomic mass is 16.2. The van der Waals surface area contributed by atoms with Gasteiger partial charge in [-0.25, -0.2) is 5.43 Å². The van der Waals surface area contributed by atoms with Crippen LogP contribution in [0.3, 0.4) is 0 Å². The fourth-order valence-corrected chi connectivity index (χ4v) is 1.74. The van der Waals surface area contributed by atoms with Crippen LogP contribution in [-0.2, 0) is 4.79 Å². The van der Waals surface area contributed by atoms with Crippen LogP contribution < -0.4 is 16.6 Å². The van der Waals surface area contributed by atoms with Gasteiger partial charge in [0.15, 0.2) is 0 Å². The molecule has 1 aliphatic rings. The van der Waals surface area contributed by atoms with Crippen LogP contribution in [0.1, 0.15) is 33.1 Å². The average Bonchev–Trinajstić information content (AvgIpc) is 2.20. The second kappa shape index (κ2) is 4.58. The predicted molar refractivity (Wildman–Crippen MR) is 51.7 cm³/mol. The molecule has 0 aromatic carbocycles. The molecule has 3 atom stereocenters. The smallest absolute Gasteiger partial charge is 0.250 e. The summed E-state index contributed by atoms with van der Waals surface area (Å²) in [5, 5.41) is 0. The number of amides is 1. The third-order valence-electron chi connectivity index (χ3n) is 2.63. The molecule has 1 saturated heterocycles. The van der Waals surface area contributed by atoms with Crippen molar-refractivity contribution >= 4 is 5.91 Å². The molecule has 1 amide bonds. The second-order valence-corrected chi connectivity index (χ2v) is 3.85. The molecule has 3 unspecified atom stereocenters. The van der Waals surface area contributed by atoms with Crippen LogP contribution >= 0.6 is 0 Å². The van der Waals surface area contributed by atoms with Crippen molar-refractivity contribution in [3.8, 4) is 0 Å². The van der Waals surface area contributed by atoms with Gasteiger partial charge in [-0.2, -0.15) is 0 Å². The van der Waals surface area contributed by atoms with Crippen LogP contribution in [-0.4, -0.2) is 18.0 Å². The van der Waals surface area contributed by atoms with E-state index < -0.39 is 0 Å². The van der Waals surface area contributed by atoms with Crippen LogP contribution in [0.5, 0.6) is 0 Å². The van der Waals surface area contributed by atoms with Crippen molar-refractivity contribution in [1.29, 1.82) is 0 Å². The maximum absolute atomic E-state index is 11.2. The van der Waals surface area contributed by atoms with Crippen LogP contribution in [0.15, 0.2) is 0 Å². The highest BCUT2D eigenvalue weighted by Crippen LogP contribution is 2.16. The van der Waals surface area contributed by atoms with Crippen LogP contribution in [0.25, 0.3) is 0 Å². The standard InChI is InChI=1S/C9H19N3O/c1-3-4-8-6(2)5-7(10)9(13)12-11-8/h6-8,11H,3-5,10H2,1-2H3,(H,12,13). The van der Waals surface area contributed by atoms with E-state index in [0.29, 0.717) is 12.0 Å². The largest absolute Gasteiger partial charge is 0.320 e. The Morgan fingerprint density at radius 2 is 2.31 bits per heavy atom. The van der Waals surface area contributed by atoms with Crippen LogP contribution in [0, 0.1) is 5.92 Å². The van der Waals surface area contributed by atoms with E-state index >= 15 is 0 Å². The van der Waals surface area contributed by atoms with Gasteiger partial charge in [-0.05, 0) is 18.8 Å². The number of rotatable bonds is 2. The maximum Gasteiger partial charge on any atom is 0.250 e. The molecule has 4 nitrogen and oxygen atoms in total. The van der Waals surface area contributed by atoms with Crippen LogP contribution in [0.4, 0.5) is 0 Å². The molecular formula is C9H19N3O. The molecule has 76 valence electrons. The number of hydrazine groups is 1. The van der Waals surface area contributed by atoms with E-state index in [1.807, 2.05) is 0 Å². The lowest BCUT2D eigenvalue weighted by Gasteiger charge is -2.21. The summed E-state index contributed by atoms with van der Waals surface area (Å²) in [6.45, 7) is 4.27. The molecule has 1 heterocycles. The molecule has 1 rings (SSSR count). The SMILES string of the molecule is CCCC1NNC(=O)C(N)CC1C. The Hall–Kier alpha value is -0.610. The predicted octanol–water partition coefficient (Wildman–Crippen LogP) is 0.143. The van der Waals surface area contributed by atoms with Crippen molar-refractivity contribution in [2.75, 3.05) is 0 Å². The Morgan fingerprint density at radius 3 is 2.92 bits per heavy atom. The minimum Gasteiger partial charge on any atom is -0.320 e. The Labute approximate surface area is 79.2 Å². The minimum absolute atomic E-state index is 0.0922. The summed E-state index contributed by atoms with van der Waals surface area (Å²) in [4.78, 5) is 11.2. The Balaban J connectivity index is 2.54. The molecule has 0 saturated carbocycles. The summed E-state index contributed by atoms with van der Waals surface area (Å²) in [7, 11) is 0. The highest BCUT2D eigenvalue weighted by Gasteiger charge is 2.26. The van der Waals surface area contributed by atoms with Gasteiger partial charge in [0.2, 0.25) is 0 Å². The first-order chi connectivity index (χ1) is 6.15. The molecule has 0 spiro atoms. The molecule has 0 aliphatic carbocycles. The summed E-state index contributed by atoms with van der Waals surface area (Å²) in [5.74, 6) is 0.361. The van der Waals surface area contributed by atoms with E-state index in [2.05, 4.69) is 24.7 Å². The van der Waals surface area contributed by atoms with Gasteiger partial charge in [-0.1, -0.05) is 20.3 Å². The Bertz CT molecular complexity index is 184. The van der Waals surface area contributed by atoms with Gasteiger partial charge >= 0.3 is 0 Å². The van der Waals surface area contributed by atoms with Gasteiger partial charge in [-0.15, -0.1) is 0 Å². The Morgan fingerprint density at radius 1 is 1.62 bits per heavy atom. The quantitative estimate of drug-likeness (QED) is 0.573. The lowest BCUT2D eigenvalue weighted by molar-refractivity contribution is -0.123.